The van der Waals surface area contributed by atoms with Gasteiger partial charge in [0.15, 0.2) is 0 Å². The number of rotatable bonds is 5. The molecule has 3 heterocycles. The molecular formula is C15H19N5O2. The fraction of sp³-hybridized carbons (Fsp3) is 0.467. The molecule has 0 aromatic carbocycles. The van der Waals surface area contributed by atoms with Crippen LogP contribution in [0.4, 0.5) is 0 Å². The summed E-state index contributed by atoms with van der Waals surface area (Å²) in [4.78, 5) is 22.6. The lowest BCUT2D eigenvalue weighted by Crippen LogP contribution is -2.31. The number of aromatic nitrogens is 4. The number of ether oxygens (including phenoxy) is 1. The van der Waals surface area contributed by atoms with Crippen LogP contribution in [0.2, 0.25) is 0 Å². The Bertz CT molecular complexity index is 629. The van der Waals surface area contributed by atoms with Crippen molar-refractivity contribution in [2.24, 2.45) is 5.92 Å². The molecule has 1 saturated heterocycles. The predicted molar refractivity (Wildman–Crippen MR) is 79.9 cm³/mol. The number of nitrogens with zero attached hydrogens (tertiary/aromatic N) is 4. The van der Waals surface area contributed by atoms with Gasteiger partial charge >= 0.3 is 0 Å². The van der Waals surface area contributed by atoms with Crippen LogP contribution in [0.3, 0.4) is 0 Å². The predicted octanol–water partition coefficient (Wildman–Crippen LogP) is 0.904. The van der Waals surface area contributed by atoms with Gasteiger partial charge in [-0.1, -0.05) is 0 Å². The number of methoxy groups -OCH3 is 1. The van der Waals surface area contributed by atoms with Crippen LogP contribution in [-0.2, 0) is 16.0 Å². The topological polar surface area (TPSA) is 84.0 Å². The highest BCUT2D eigenvalue weighted by atomic mass is 16.5. The maximum Gasteiger partial charge on any atom is 0.248 e. The van der Waals surface area contributed by atoms with Gasteiger partial charge in [-0.05, 0) is 24.8 Å². The van der Waals surface area contributed by atoms with E-state index in [9.17, 15) is 4.79 Å². The summed E-state index contributed by atoms with van der Waals surface area (Å²) < 4.78 is 4.90. The van der Waals surface area contributed by atoms with Gasteiger partial charge in [0.2, 0.25) is 5.91 Å². The summed E-state index contributed by atoms with van der Waals surface area (Å²) in [7, 11) is 1.54. The molecule has 2 aromatic heterocycles. The second-order valence-corrected chi connectivity index (χ2v) is 5.50. The van der Waals surface area contributed by atoms with E-state index in [0.29, 0.717) is 5.92 Å². The number of carbonyl (C=O) groups excluding carboxylic acids is 1. The minimum atomic E-state index is 0.0577. The van der Waals surface area contributed by atoms with Gasteiger partial charge in [-0.2, -0.15) is 5.10 Å². The van der Waals surface area contributed by atoms with Crippen LogP contribution >= 0.6 is 0 Å². The van der Waals surface area contributed by atoms with E-state index in [1.165, 1.54) is 0 Å². The number of hydrogen-bond acceptors (Lipinski definition) is 5. The van der Waals surface area contributed by atoms with Crippen LogP contribution in [0.5, 0.6) is 0 Å². The van der Waals surface area contributed by atoms with Gasteiger partial charge in [-0.15, -0.1) is 0 Å². The summed E-state index contributed by atoms with van der Waals surface area (Å²) in [5.74, 6) is 0.481. The highest BCUT2D eigenvalue weighted by Crippen LogP contribution is 2.21. The molecule has 0 saturated carbocycles. The highest BCUT2D eigenvalue weighted by molar-refractivity contribution is 5.77. The lowest BCUT2D eigenvalue weighted by molar-refractivity contribution is -0.134. The summed E-state index contributed by atoms with van der Waals surface area (Å²) in [6, 6.07) is 1.87. The van der Waals surface area contributed by atoms with Crippen LogP contribution in [0.25, 0.3) is 11.4 Å². The van der Waals surface area contributed by atoms with Crippen LogP contribution in [0, 0.1) is 5.92 Å². The number of likely N-dealkylation sites (tertiary alicyclic amines) is 1. The van der Waals surface area contributed by atoms with Crippen molar-refractivity contribution >= 4 is 5.91 Å². The normalized spacial score (nSPS) is 17.9. The van der Waals surface area contributed by atoms with Crippen molar-refractivity contribution in [3.63, 3.8) is 0 Å². The number of amides is 1. The molecule has 1 fully saturated rings. The Hall–Kier alpha value is -2.28. The molecule has 1 N–H and O–H groups in total. The summed E-state index contributed by atoms with van der Waals surface area (Å²) in [6.07, 6.45) is 7.02. The van der Waals surface area contributed by atoms with Gasteiger partial charge in [-0.25, -0.2) is 4.98 Å². The molecule has 1 atom stereocenters. The fourth-order valence-corrected chi connectivity index (χ4v) is 2.77. The lowest BCUT2D eigenvalue weighted by atomic mass is 10.0. The highest BCUT2D eigenvalue weighted by Gasteiger charge is 2.26. The van der Waals surface area contributed by atoms with Crippen molar-refractivity contribution in [3.05, 3.63) is 30.4 Å². The number of nitrogens with one attached hydrogen (secondary N) is 1. The van der Waals surface area contributed by atoms with Gasteiger partial charge < -0.3 is 9.64 Å². The number of carbonyl (C=O) groups is 1. The first-order chi connectivity index (χ1) is 10.8. The summed E-state index contributed by atoms with van der Waals surface area (Å²) in [5, 5.41) is 6.82. The van der Waals surface area contributed by atoms with Crippen molar-refractivity contribution in [1.29, 1.82) is 0 Å². The molecule has 0 aliphatic carbocycles. The first-order valence-electron chi connectivity index (χ1n) is 7.33. The summed E-state index contributed by atoms with van der Waals surface area (Å²) in [6.45, 7) is 1.71. The Labute approximate surface area is 128 Å². The minimum absolute atomic E-state index is 0.0577. The van der Waals surface area contributed by atoms with Crippen molar-refractivity contribution < 1.29 is 9.53 Å². The smallest absolute Gasteiger partial charge is 0.248 e. The van der Waals surface area contributed by atoms with Crippen LogP contribution in [0.1, 0.15) is 12.1 Å². The molecule has 1 aliphatic heterocycles. The zero-order valence-electron chi connectivity index (χ0n) is 12.5. The number of aromatic amines is 1. The third-order valence-electron chi connectivity index (χ3n) is 3.87. The molecule has 0 unspecified atom stereocenters. The second-order valence-electron chi connectivity index (χ2n) is 5.50. The monoisotopic (exact) mass is 301 g/mol. The number of hydrogen-bond donors (Lipinski definition) is 1. The summed E-state index contributed by atoms with van der Waals surface area (Å²) in [5.41, 5.74) is 2.59. The van der Waals surface area contributed by atoms with Crippen LogP contribution < -0.4 is 0 Å². The van der Waals surface area contributed by atoms with E-state index in [1.54, 1.807) is 25.7 Å². The Morgan fingerprint density at radius 1 is 1.50 bits per heavy atom. The van der Waals surface area contributed by atoms with Gasteiger partial charge in [0.25, 0.3) is 0 Å². The molecule has 0 bridgehead atoms. The SMILES string of the molecule is COCC(=O)N1CC[C@@H](Cc2cncc(-c3ccn[nH]3)n2)C1. The quantitative estimate of drug-likeness (QED) is 0.887. The Morgan fingerprint density at radius 3 is 3.18 bits per heavy atom. The lowest BCUT2D eigenvalue weighted by Gasteiger charge is -2.15. The van der Waals surface area contributed by atoms with Gasteiger partial charge in [0.1, 0.15) is 12.3 Å². The average Bonchev–Trinajstić information content (AvgIpc) is 3.19. The van der Waals surface area contributed by atoms with Crippen molar-refractivity contribution in [1.82, 2.24) is 25.1 Å². The largest absolute Gasteiger partial charge is 0.375 e. The first kappa shape index (κ1) is 14.6. The fourth-order valence-electron chi connectivity index (χ4n) is 2.77. The van der Waals surface area contributed by atoms with E-state index in [-0.39, 0.29) is 12.5 Å². The molecule has 7 nitrogen and oxygen atoms in total. The molecule has 7 heteroatoms. The molecular weight excluding hydrogens is 282 g/mol. The maximum atomic E-state index is 11.8. The molecule has 0 spiro atoms. The molecule has 22 heavy (non-hydrogen) atoms. The minimum Gasteiger partial charge on any atom is -0.375 e. The van der Waals surface area contributed by atoms with Crippen LogP contribution in [0.15, 0.2) is 24.7 Å². The zero-order valence-corrected chi connectivity index (χ0v) is 12.5. The third-order valence-corrected chi connectivity index (χ3v) is 3.87. The van der Waals surface area contributed by atoms with Crippen molar-refractivity contribution in [3.8, 4) is 11.4 Å². The van der Waals surface area contributed by atoms with Gasteiger partial charge in [0, 0.05) is 32.6 Å². The average molecular weight is 301 g/mol. The molecule has 1 amide bonds. The van der Waals surface area contributed by atoms with E-state index in [0.717, 1.165) is 43.0 Å². The maximum absolute atomic E-state index is 11.8. The molecule has 116 valence electrons. The Morgan fingerprint density at radius 2 is 2.41 bits per heavy atom. The van der Waals surface area contributed by atoms with Crippen molar-refractivity contribution in [2.45, 2.75) is 12.8 Å². The van der Waals surface area contributed by atoms with E-state index < -0.39 is 0 Å². The van der Waals surface area contributed by atoms with Crippen LogP contribution in [-0.4, -0.2) is 57.8 Å². The van der Waals surface area contributed by atoms with E-state index in [1.807, 2.05) is 11.0 Å². The van der Waals surface area contributed by atoms with E-state index in [2.05, 4.69) is 20.2 Å². The van der Waals surface area contributed by atoms with Gasteiger partial charge in [0.05, 0.1) is 17.6 Å². The zero-order chi connectivity index (χ0) is 15.4. The second kappa shape index (κ2) is 6.65. The van der Waals surface area contributed by atoms with Gasteiger partial charge in [-0.3, -0.25) is 14.9 Å². The molecule has 2 aromatic rings. The van der Waals surface area contributed by atoms with E-state index in [4.69, 9.17) is 4.74 Å². The summed E-state index contributed by atoms with van der Waals surface area (Å²) >= 11 is 0. The standard InChI is InChI=1S/C15H19N5O2/c1-22-10-15(21)20-5-3-11(9-20)6-12-7-16-8-14(18-12)13-2-4-17-19-13/h2,4,7-8,11H,3,5-6,9-10H2,1H3,(H,17,19)/t11-/m0/s1. The third kappa shape index (κ3) is 3.30. The first-order valence-corrected chi connectivity index (χ1v) is 7.33. The molecule has 3 rings (SSSR count). The Kier molecular flexibility index (Phi) is 4.43. The van der Waals surface area contributed by atoms with Crippen molar-refractivity contribution in [2.75, 3.05) is 26.8 Å². The van der Waals surface area contributed by atoms with E-state index >= 15 is 0 Å². The number of H-pyrrole nitrogens is 1. The molecule has 0 radical (unpaired) electrons. The Balaban J connectivity index is 1.62. The molecule has 1 aliphatic rings.